The molecule has 29 heavy (non-hydrogen) atoms. The minimum Gasteiger partial charge on any atom is -0.497 e. The fourth-order valence-corrected chi connectivity index (χ4v) is 3.94. The molecule has 1 amide bonds. The van der Waals surface area contributed by atoms with Crippen molar-refractivity contribution in [2.24, 2.45) is 5.92 Å². The Labute approximate surface area is 171 Å². The van der Waals surface area contributed by atoms with Gasteiger partial charge in [-0.1, -0.05) is 30.3 Å². The second-order valence-corrected chi connectivity index (χ2v) is 7.47. The average Bonchev–Trinajstić information content (AvgIpc) is 2.74. The van der Waals surface area contributed by atoms with Crippen LogP contribution in [0.15, 0.2) is 54.6 Å². The summed E-state index contributed by atoms with van der Waals surface area (Å²) in [5, 5.41) is 12.0. The van der Waals surface area contributed by atoms with E-state index in [9.17, 15) is 9.59 Å². The molecule has 0 radical (unpaired) electrons. The highest BCUT2D eigenvalue weighted by Crippen LogP contribution is 2.30. The number of hydrogen-bond donors (Lipinski definition) is 2. The van der Waals surface area contributed by atoms with Gasteiger partial charge in [-0.25, -0.2) is 0 Å². The van der Waals surface area contributed by atoms with Crippen molar-refractivity contribution < 1.29 is 19.4 Å². The first-order valence-corrected chi connectivity index (χ1v) is 10.0. The minimum atomic E-state index is -0.765. The molecular formula is C23H28N2O4. The van der Waals surface area contributed by atoms with Gasteiger partial charge in [-0.15, -0.1) is 0 Å². The third-order valence-electron chi connectivity index (χ3n) is 5.40. The molecule has 3 rings (SSSR count). The second-order valence-electron chi connectivity index (χ2n) is 7.47. The monoisotopic (exact) mass is 396 g/mol. The van der Waals surface area contributed by atoms with Crippen molar-refractivity contribution in [3.8, 4) is 5.75 Å². The summed E-state index contributed by atoms with van der Waals surface area (Å²) >= 11 is 0. The smallest absolute Gasteiger partial charge is 0.303 e. The van der Waals surface area contributed by atoms with Gasteiger partial charge in [0, 0.05) is 18.7 Å². The Morgan fingerprint density at radius 2 is 1.90 bits per heavy atom. The molecule has 2 unspecified atom stereocenters. The number of benzene rings is 2. The summed E-state index contributed by atoms with van der Waals surface area (Å²) in [7, 11) is 1.61. The molecule has 2 aromatic rings. The van der Waals surface area contributed by atoms with Gasteiger partial charge in [0.1, 0.15) is 11.8 Å². The minimum absolute atomic E-state index is 0.0831. The van der Waals surface area contributed by atoms with E-state index in [2.05, 4.69) is 10.2 Å². The van der Waals surface area contributed by atoms with E-state index in [1.165, 1.54) is 0 Å². The van der Waals surface area contributed by atoms with Crippen molar-refractivity contribution in [1.82, 2.24) is 4.90 Å². The molecule has 6 nitrogen and oxygen atoms in total. The van der Waals surface area contributed by atoms with Crippen LogP contribution in [0.5, 0.6) is 5.75 Å². The molecule has 1 fully saturated rings. The van der Waals surface area contributed by atoms with Crippen molar-refractivity contribution in [1.29, 1.82) is 0 Å². The first kappa shape index (κ1) is 20.9. The zero-order valence-electron chi connectivity index (χ0n) is 16.7. The lowest BCUT2D eigenvalue weighted by atomic mass is 9.91. The van der Waals surface area contributed by atoms with Gasteiger partial charge in [0.05, 0.1) is 7.11 Å². The topological polar surface area (TPSA) is 78.9 Å². The van der Waals surface area contributed by atoms with Crippen LogP contribution in [0.25, 0.3) is 0 Å². The van der Waals surface area contributed by atoms with E-state index < -0.39 is 12.0 Å². The number of nitrogens with one attached hydrogen (secondary N) is 1. The van der Waals surface area contributed by atoms with E-state index in [0.717, 1.165) is 42.9 Å². The lowest BCUT2D eigenvalue weighted by molar-refractivity contribution is -0.137. The first-order valence-electron chi connectivity index (χ1n) is 10.0. The Hall–Kier alpha value is -2.86. The van der Waals surface area contributed by atoms with Gasteiger partial charge in [-0.3, -0.25) is 14.5 Å². The van der Waals surface area contributed by atoms with Crippen LogP contribution in [0.4, 0.5) is 5.69 Å². The molecule has 1 heterocycles. The van der Waals surface area contributed by atoms with Crippen LogP contribution in [0.3, 0.4) is 0 Å². The Bertz CT molecular complexity index is 807. The summed E-state index contributed by atoms with van der Waals surface area (Å²) in [6.07, 6.45) is 2.79. The van der Waals surface area contributed by atoms with Crippen LogP contribution >= 0.6 is 0 Å². The number of likely N-dealkylation sites (tertiary alicyclic amines) is 1. The molecule has 1 aliphatic heterocycles. The maximum atomic E-state index is 13.3. The summed E-state index contributed by atoms with van der Waals surface area (Å²) in [5.74, 6) is 0.180. The number of ether oxygens (including phenoxy) is 1. The molecule has 0 bridgehead atoms. The molecule has 1 saturated heterocycles. The third-order valence-corrected chi connectivity index (χ3v) is 5.40. The van der Waals surface area contributed by atoms with Crippen LogP contribution < -0.4 is 10.1 Å². The molecule has 0 aromatic heterocycles. The molecule has 154 valence electrons. The maximum Gasteiger partial charge on any atom is 0.303 e. The number of amides is 1. The summed E-state index contributed by atoms with van der Waals surface area (Å²) in [5.41, 5.74) is 1.66. The van der Waals surface area contributed by atoms with Crippen LogP contribution in [0.2, 0.25) is 0 Å². The fraction of sp³-hybridized carbons (Fsp3) is 0.391. The largest absolute Gasteiger partial charge is 0.497 e. The van der Waals surface area contributed by atoms with E-state index in [4.69, 9.17) is 9.84 Å². The maximum absolute atomic E-state index is 13.3. The highest BCUT2D eigenvalue weighted by atomic mass is 16.5. The zero-order chi connectivity index (χ0) is 20.6. The Kier molecular flexibility index (Phi) is 7.25. The number of methoxy groups -OCH3 is 1. The number of aliphatic carboxylic acids is 1. The summed E-state index contributed by atoms with van der Waals surface area (Å²) in [4.78, 5) is 26.4. The highest BCUT2D eigenvalue weighted by Gasteiger charge is 2.32. The molecule has 2 aromatic carbocycles. The van der Waals surface area contributed by atoms with Gasteiger partial charge in [0.2, 0.25) is 5.91 Å². The van der Waals surface area contributed by atoms with Gasteiger partial charge in [0.25, 0.3) is 0 Å². The van der Waals surface area contributed by atoms with E-state index in [0.29, 0.717) is 12.3 Å². The van der Waals surface area contributed by atoms with E-state index in [1.54, 1.807) is 7.11 Å². The molecular weight excluding hydrogens is 368 g/mol. The summed E-state index contributed by atoms with van der Waals surface area (Å²) in [6.45, 7) is 1.54. The number of hydrogen-bond acceptors (Lipinski definition) is 4. The van der Waals surface area contributed by atoms with Crippen molar-refractivity contribution in [2.75, 3.05) is 25.5 Å². The number of anilines is 1. The van der Waals surface area contributed by atoms with Crippen LogP contribution in [-0.2, 0) is 9.59 Å². The van der Waals surface area contributed by atoms with E-state index >= 15 is 0 Å². The predicted molar refractivity (Wildman–Crippen MR) is 112 cm³/mol. The van der Waals surface area contributed by atoms with Crippen LogP contribution in [-0.4, -0.2) is 42.1 Å². The van der Waals surface area contributed by atoms with Gasteiger partial charge >= 0.3 is 5.97 Å². The molecule has 2 N–H and O–H groups in total. The third kappa shape index (κ3) is 5.81. The van der Waals surface area contributed by atoms with Gasteiger partial charge in [0.15, 0.2) is 0 Å². The predicted octanol–water partition coefficient (Wildman–Crippen LogP) is 3.95. The van der Waals surface area contributed by atoms with Gasteiger partial charge < -0.3 is 15.2 Å². The Morgan fingerprint density at radius 3 is 2.55 bits per heavy atom. The second kappa shape index (κ2) is 10.1. The Balaban J connectivity index is 1.77. The zero-order valence-corrected chi connectivity index (χ0v) is 16.7. The quantitative estimate of drug-likeness (QED) is 0.706. The standard InChI is InChI=1S/C23H28N2O4/c1-29-20-12-10-19(11-13-20)24-23(28)22(18-7-3-2-4-8-18)25-15-5-6-17(16-25)9-14-21(26)27/h2-4,7-8,10-13,17,22H,5-6,9,14-16H2,1H3,(H,24,28)(H,26,27). The normalized spacial score (nSPS) is 18.0. The number of piperidine rings is 1. The average molecular weight is 396 g/mol. The Morgan fingerprint density at radius 1 is 1.17 bits per heavy atom. The van der Waals surface area contributed by atoms with Crippen LogP contribution in [0, 0.1) is 5.92 Å². The lowest BCUT2D eigenvalue weighted by Gasteiger charge is -2.37. The first-order chi connectivity index (χ1) is 14.1. The summed E-state index contributed by atoms with van der Waals surface area (Å²) < 4.78 is 5.17. The van der Waals surface area contributed by atoms with E-state index in [-0.39, 0.29) is 12.3 Å². The van der Waals surface area contributed by atoms with Crippen molar-refractivity contribution in [3.05, 3.63) is 60.2 Å². The molecule has 0 spiro atoms. The number of carbonyl (C=O) groups excluding carboxylic acids is 1. The number of carboxylic acids is 1. The van der Waals surface area contributed by atoms with Crippen molar-refractivity contribution >= 4 is 17.6 Å². The molecule has 1 aliphatic rings. The molecule has 6 heteroatoms. The number of carboxylic acid groups (broad SMARTS) is 1. The fourth-order valence-electron chi connectivity index (χ4n) is 3.94. The SMILES string of the molecule is COc1ccc(NC(=O)C(c2ccccc2)N2CCCC(CCC(=O)O)C2)cc1. The van der Waals surface area contributed by atoms with Crippen LogP contribution in [0.1, 0.15) is 37.3 Å². The van der Waals surface area contributed by atoms with Crippen molar-refractivity contribution in [3.63, 3.8) is 0 Å². The van der Waals surface area contributed by atoms with Crippen molar-refractivity contribution in [2.45, 2.75) is 31.7 Å². The number of rotatable bonds is 8. The molecule has 0 saturated carbocycles. The van der Waals surface area contributed by atoms with E-state index in [1.807, 2.05) is 54.6 Å². The molecule has 0 aliphatic carbocycles. The molecule has 2 atom stereocenters. The van der Waals surface area contributed by atoms with Gasteiger partial charge in [-0.2, -0.15) is 0 Å². The number of nitrogens with zero attached hydrogens (tertiary/aromatic N) is 1. The number of carbonyl (C=O) groups is 2. The highest BCUT2D eigenvalue weighted by molar-refractivity contribution is 5.95. The van der Waals surface area contributed by atoms with Gasteiger partial charge in [-0.05, 0) is 61.6 Å². The summed E-state index contributed by atoms with van der Waals surface area (Å²) in [6, 6.07) is 16.6. The lowest BCUT2D eigenvalue weighted by Crippen LogP contribution is -2.43.